The first kappa shape index (κ1) is 21.3. The van der Waals surface area contributed by atoms with Gasteiger partial charge >= 0.3 is 0 Å². The maximum atomic E-state index is 5.07. The maximum absolute atomic E-state index is 5.07. The quantitative estimate of drug-likeness (QED) is 0.251. The van der Waals surface area contributed by atoms with E-state index in [4.69, 9.17) is 9.97 Å². The minimum atomic E-state index is 0.755. The summed E-state index contributed by atoms with van der Waals surface area (Å²) in [4.78, 5) is 10.1. The number of aromatic nitrogens is 2. The van der Waals surface area contributed by atoms with Crippen molar-refractivity contribution >= 4 is 0 Å². The van der Waals surface area contributed by atoms with Crippen LogP contribution in [0.5, 0.6) is 0 Å². The van der Waals surface area contributed by atoms with Gasteiger partial charge in [-0.15, -0.1) is 0 Å². The Morgan fingerprint density at radius 1 is 0.368 bits per heavy atom. The van der Waals surface area contributed by atoms with E-state index in [9.17, 15) is 0 Å². The molecule has 38 heavy (non-hydrogen) atoms. The molecule has 0 fully saturated rings. The third-order valence-corrected chi connectivity index (χ3v) is 7.94. The van der Waals surface area contributed by atoms with Crippen LogP contribution in [0.3, 0.4) is 0 Å². The summed E-state index contributed by atoms with van der Waals surface area (Å²) in [7, 11) is 0. The van der Waals surface area contributed by atoms with Gasteiger partial charge in [-0.2, -0.15) is 0 Å². The molecule has 0 bridgehead atoms. The fraction of sp³-hybridized carbons (Fsp3) is 0.0556. The summed E-state index contributed by atoms with van der Waals surface area (Å²) in [6.45, 7) is 0. The SMILES string of the molecule is c1ccc(-c2nc(-c3ccc4c(c3)Cc3ccccc3-4)cc(-c3ccc4c(c3)Cc3ccccc3-4)n2)cc1. The fourth-order valence-corrected chi connectivity index (χ4v) is 6.07. The zero-order valence-electron chi connectivity index (χ0n) is 20.9. The van der Waals surface area contributed by atoms with E-state index in [1.54, 1.807) is 0 Å². The number of benzene rings is 5. The molecule has 0 spiro atoms. The van der Waals surface area contributed by atoms with Gasteiger partial charge in [-0.25, -0.2) is 9.97 Å². The third kappa shape index (κ3) is 3.42. The van der Waals surface area contributed by atoms with Crippen LogP contribution in [0.15, 0.2) is 121 Å². The molecule has 2 aliphatic rings. The topological polar surface area (TPSA) is 25.8 Å². The van der Waals surface area contributed by atoms with Crippen LogP contribution in [0.1, 0.15) is 22.3 Å². The Morgan fingerprint density at radius 3 is 1.39 bits per heavy atom. The van der Waals surface area contributed by atoms with Crippen molar-refractivity contribution in [1.82, 2.24) is 9.97 Å². The van der Waals surface area contributed by atoms with Crippen LogP contribution in [0.2, 0.25) is 0 Å². The molecule has 0 radical (unpaired) electrons. The summed E-state index contributed by atoms with van der Waals surface area (Å²) in [6, 6.07) is 43.4. The van der Waals surface area contributed by atoms with Gasteiger partial charge < -0.3 is 0 Å². The van der Waals surface area contributed by atoms with E-state index in [0.29, 0.717) is 0 Å². The van der Waals surface area contributed by atoms with Gasteiger partial charge in [0.15, 0.2) is 5.82 Å². The Hall–Kier alpha value is -4.82. The second kappa shape index (κ2) is 8.36. The first-order valence-electron chi connectivity index (χ1n) is 13.2. The van der Waals surface area contributed by atoms with Crippen LogP contribution in [-0.2, 0) is 12.8 Å². The first-order valence-corrected chi connectivity index (χ1v) is 13.2. The van der Waals surface area contributed by atoms with Crippen LogP contribution < -0.4 is 0 Å². The summed E-state index contributed by atoms with van der Waals surface area (Å²) in [5.74, 6) is 0.755. The highest BCUT2D eigenvalue weighted by Crippen LogP contribution is 2.40. The molecule has 0 saturated carbocycles. The highest BCUT2D eigenvalue weighted by atomic mass is 14.9. The number of rotatable bonds is 3. The molecular formula is C36H24N2. The van der Waals surface area contributed by atoms with Gasteiger partial charge in [0, 0.05) is 16.7 Å². The molecule has 6 aromatic rings. The third-order valence-electron chi connectivity index (χ3n) is 7.94. The highest BCUT2D eigenvalue weighted by molar-refractivity contribution is 5.82. The van der Waals surface area contributed by atoms with Crippen molar-refractivity contribution in [2.75, 3.05) is 0 Å². The normalized spacial score (nSPS) is 12.5. The second-order valence-electron chi connectivity index (χ2n) is 10.2. The highest BCUT2D eigenvalue weighted by Gasteiger charge is 2.21. The van der Waals surface area contributed by atoms with Crippen LogP contribution in [0, 0.1) is 0 Å². The van der Waals surface area contributed by atoms with Crippen molar-refractivity contribution in [1.29, 1.82) is 0 Å². The molecule has 178 valence electrons. The summed E-state index contributed by atoms with van der Waals surface area (Å²) in [5, 5.41) is 0. The van der Waals surface area contributed by atoms with Crippen molar-refractivity contribution in [3.8, 4) is 56.2 Å². The molecular weight excluding hydrogens is 460 g/mol. The zero-order chi connectivity index (χ0) is 25.1. The van der Waals surface area contributed by atoms with Gasteiger partial charge in [0.2, 0.25) is 0 Å². The molecule has 1 heterocycles. The van der Waals surface area contributed by atoms with Crippen molar-refractivity contribution in [3.05, 3.63) is 144 Å². The molecule has 0 aliphatic heterocycles. The number of hydrogen-bond acceptors (Lipinski definition) is 2. The predicted molar refractivity (Wildman–Crippen MR) is 155 cm³/mol. The Morgan fingerprint density at radius 2 is 0.842 bits per heavy atom. The zero-order valence-corrected chi connectivity index (χ0v) is 20.9. The summed E-state index contributed by atoms with van der Waals surface area (Å²) in [5.41, 5.74) is 16.1. The lowest BCUT2D eigenvalue weighted by atomic mass is 9.99. The molecule has 0 N–H and O–H groups in total. The minimum absolute atomic E-state index is 0.755. The molecule has 0 amide bonds. The monoisotopic (exact) mass is 484 g/mol. The molecule has 1 aromatic heterocycles. The van der Waals surface area contributed by atoms with Crippen LogP contribution >= 0.6 is 0 Å². The van der Waals surface area contributed by atoms with E-state index in [-0.39, 0.29) is 0 Å². The lowest BCUT2D eigenvalue weighted by Crippen LogP contribution is -1.97. The minimum Gasteiger partial charge on any atom is -0.228 e. The van der Waals surface area contributed by atoms with Crippen molar-refractivity contribution in [3.63, 3.8) is 0 Å². The smallest absolute Gasteiger partial charge is 0.160 e. The van der Waals surface area contributed by atoms with Crippen LogP contribution in [0.4, 0.5) is 0 Å². The first-order chi connectivity index (χ1) is 18.8. The number of hydrogen-bond donors (Lipinski definition) is 0. The molecule has 0 unspecified atom stereocenters. The second-order valence-corrected chi connectivity index (χ2v) is 10.2. The summed E-state index contributed by atoms with van der Waals surface area (Å²) < 4.78 is 0. The van der Waals surface area contributed by atoms with Gasteiger partial charge in [0.05, 0.1) is 11.4 Å². The fourth-order valence-electron chi connectivity index (χ4n) is 6.07. The summed E-state index contributed by atoms with van der Waals surface area (Å²) >= 11 is 0. The van der Waals surface area contributed by atoms with Crippen molar-refractivity contribution < 1.29 is 0 Å². The van der Waals surface area contributed by atoms with Gasteiger partial charge in [-0.1, -0.05) is 103 Å². The predicted octanol–water partition coefficient (Wildman–Crippen LogP) is 8.62. The lowest BCUT2D eigenvalue weighted by molar-refractivity contribution is 1.18. The largest absolute Gasteiger partial charge is 0.228 e. The Labute approximate surface area is 222 Å². The van der Waals surface area contributed by atoms with Gasteiger partial charge in [-0.05, 0) is 75.5 Å². The average Bonchev–Trinajstić information content (AvgIpc) is 3.54. The van der Waals surface area contributed by atoms with E-state index < -0.39 is 0 Å². The van der Waals surface area contributed by atoms with E-state index >= 15 is 0 Å². The maximum Gasteiger partial charge on any atom is 0.160 e. The van der Waals surface area contributed by atoms with E-state index in [0.717, 1.165) is 46.7 Å². The van der Waals surface area contributed by atoms with Gasteiger partial charge in [0.1, 0.15) is 0 Å². The van der Waals surface area contributed by atoms with E-state index in [1.807, 2.05) is 18.2 Å². The molecule has 0 saturated heterocycles. The van der Waals surface area contributed by atoms with Gasteiger partial charge in [0.25, 0.3) is 0 Å². The average molecular weight is 485 g/mol. The lowest BCUT2D eigenvalue weighted by Gasteiger charge is -2.11. The molecule has 5 aromatic carbocycles. The number of nitrogens with zero attached hydrogens (tertiary/aromatic N) is 2. The molecule has 2 aliphatic carbocycles. The van der Waals surface area contributed by atoms with Crippen LogP contribution in [0.25, 0.3) is 56.2 Å². The Bertz CT molecular complexity index is 1750. The Balaban J connectivity index is 1.26. The molecule has 2 heteroatoms. The van der Waals surface area contributed by atoms with Crippen molar-refractivity contribution in [2.45, 2.75) is 12.8 Å². The van der Waals surface area contributed by atoms with E-state index in [2.05, 4.69) is 103 Å². The molecule has 0 atom stereocenters. The van der Waals surface area contributed by atoms with E-state index in [1.165, 1.54) is 44.5 Å². The number of fused-ring (bicyclic) bond motifs is 6. The summed E-state index contributed by atoms with van der Waals surface area (Å²) in [6.07, 6.45) is 1.93. The standard InChI is InChI=1S/C36H24N2/c1-2-8-23(9-3-1)36-37-34(26-14-16-32-28(20-26)18-24-10-4-6-12-30(24)32)22-35(38-36)27-15-17-33-29(21-27)19-25-11-5-7-13-31(25)33/h1-17,20-22H,18-19H2. The Kier molecular flexibility index (Phi) is 4.68. The van der Waals surface area contributed by atoms with Crippen LogP contribution in [-0.4, -0.2) is 9.97 Å². The van der Waals surface area contributed by atoms with Gasteiger partial charge in [-0.3, -0.25) is 0 Å². The van der Waals surface area contributed by atoms with Crippen molar-refractivity contribution in [2.24, 2.45) is 0 Å². The molecule has 2 nitrogen and oxygen atoms in total. The molecule has 8 rings (SSSR count).